The van der Waals surface area contributed by atoms with Gasteiger partial charge in [0.1, 0.15) is 0 Å². The number of rotatable bonds is 3. The molecule has 19 heavy (non-hydrogen) atoms. The molecule has 0 spiro atoms. The summed E-state index contributed by atoms with van der Waals surface area (Å²) in [6.07, 6.45) is 5.52. The quantitative estimate of drug-likeness (QED) is 0.775. The van der Waals surface area contributed by atoms with Gasteiger partial charge >= 0.3 is 0 Å². The summed E-state index contributed by atoms with van der Waals surface area (Å²) >= 11 is 0. The molecule has 0 aliphatic carbocycles. The summed E-state index contributed by atoms with van der Waals surface area (Å²) in [4.78, 5) is 8.64. The topological polar surface area (TPSA) is 42.7 Å². The number of para-hydroxylation sites is 1. The largest absolute Gasteiger partial charge is 0.325 e. The highest BCUT2D eigenvalue weighted by Gasteiger charge is 2.05. The number of nitrogens with one attached hydrogen (secondary N) is 1. The van der Waals surface area contributed by atoms with Crippen LogP contribution in [0.15, 0.2) is 61.1 Å². The van der Waals surface area contributed by atoms with E-state index in [0.29, 0.717) is 0 Å². The molecule has 0 fully saturated rings. The van der Waals surface area contributed by atoms with Crippen LogP contribution >= 0.6 is 0 Å². The molecule has 0 amide bonds. The highest BCUT2D eigenvalue weighted by Crippen LogP contribution is 2.18. The monoisotopic (exact) mass is 250 g/mol. The molecule has 0 atom stereocenters. The fraction of sp³-hybridized carbons (Fsp3) is 0.0667. The minimum atomic E-state index is 0.775. The minimum Gasteiger partial charge on any atom is -0.325 e. The summed E-state index contributed by atoms with van der Waals surface area (Å²) in [5, 5.41) is 3.29. The smallest absolute Gasteiger partial charge is 0.212 e. The van der Waals surface area contributed by atoms with Crippen LogP contribution in [0.3, 0.4) is 0 Å². The second kappa shape index (κ2) is 4.94. The molecule has 1 N–H and O–H groups in total. The molecule has 3 aromatic rings. The van der Waals surface area contributed by atoms with E-state index in [1.54, 1.807) is 6.20 Å². The third-order valence-electron chi connectivity index (χ3n) is 2.84. The van der Waals surface area contributed by atoms with E-state index in [1.165, 1.54) is 0 Å². The minimum absolute atomic E-state index is 0.775. The van der Waals surface area contributed by atoms with Crippen molar-refractivity contribution in [1.82, 2.24) is 14.5 Å². The van der Waals surface area contributed by atoms with Gasteiger partial charge in [-0.3, -0.25) is 9.55 Å². The lowest BCUT2D eigenvalue weighted by Crippen LogP contribution is -2.01. The molecule has 1 aromatic carbocycles. The Morgan fingerprint density at radius 1 is 1.00 bits per heavy atom. The number of imidazole rings is 1. The number of benzene rings is 1. The van der Waals surface area contributed by atoms with Gasteiger partial charge in [-0.05, 0) is 31.2 Å². The van der Waals surface area contributed by atoms with Gasteiger partial charge in [0.05, 0.1) is 11.9 Å². The molecule has 0 unspecified atom stereocenters. The first-order chi connectivity index (χ1) is 9.33. The van der Waals surface area contributed by atoms with Crippen LogP contribution in [0.1, 0.15) is 5.69 Å². The number of nitrogens with zero attached hydrogens (tertiary/aromatic N) is 3. The number of hydrogen-bond donors (Lipinski definition) is 1. The van der Waals surface area contributed by atoms with E-state index in [9.17, 15) is 0 Å². The van der Waals surface area contributed by atoms with Crippen LogP contribution in [0, 0.1) is 6.92 Å². The molecule has 2 heterocycles. The Hall–Kier alpha value is -2.62. The van der Waals surface area contributed by atoms with E-state index >= 15 is 0 Å². The van der Waals surface area contributed by atoms with Crippen molar-refractivity contribution in [2.75, 3.05) is 5.32 Å². The third kappa shape index (κ3) is 2.47. The Bertz CT molecular complexity index is 656. The van der Waals surface area contributed by atoms with Crippen molar-refractivity contribution in [1.29, 1.82) is 0 Å². The first-order valence-electron chi connectivity index (χ1n) is 6.11. The van der Waals surface area contributed by atoms with Crippen LogP contribution < -0.4 is 5.32 Å². The van der Waals surface area contributed by atoms with Crippen molar-refractivity contribution in [3.05, 3.63) is 66.7 Å². The van der Waals surface area contributed by atoms with Crippen molar-refractivity contribution < 1.29 is 0 Å². The molecular formula is C15H14N4. The number of aryl methyl sites for hydroxylation is 1. The second-order valence-electron chi connectivity index (χ2n) is 4.27. The fourth-order valence-corrected chi connectivity index (χ4v) is 1.86. The van der Waals surface area contributed by atoms with Crippen LogP contribution in [-0.4, -0.2) is 14.5 Å². The highest BCUT2D eigenvalue weighted by atomic mass is 15.2. The van der Waals surface area contributed by atoms with Gasteiger partial charge in [0.25, 0.3) is 0 Å². The van der Waals surface area contributed by atoms with Gasteiger partial charge in [0.15, 0.2) is 0 Å². The average Bonchev–Trinajstić information content (AvgIpc) is 2.89. The lowest BCUT2D eigenvalue weighted by Gasteiger charge is -2.09. The molecule has 0 radical (unpaired) electrons. The van der Waals surface area contributed by atoms with E-state index in [1.807, 2.05) is 66.3 Å². The predicted octanol–water partition coefficient (Wildman–Crippen LogP) is 3.32. The molecule has 0 saturated heterocycles. The van der Waals surface area contributed by atoms with E-state index in [2.05, 4.69) is 15.3 Å². The normalized spacial score (nSPS) is 10.4. The molecule has 0 saturated carbocycles. The summed E-state index contributed by atoms with van der Waals surface area (Å²) in [5.41, 5.74) is 3.00. The Labute approximate surface area is 111 Å². The van der Waals surface area contributed by atoms with Crippen LogP contribution in [0.5, 0.6) is 0 Å². The van der Waals surface area contributed by atoms with Crippen molar-refractivity contribution >= 4 is 11.6 Å². The lowest BCUT2D eigenvalue weighted by atomic mass is 10.3. The van der Waals surface area contributed by atoms with Crippen LogP contribution in [0.4, 0.5) is 11.6 Å². The van der Waals surface area contributed by atoms with Crippen LogP contribution in [0.2, 0.25) is 0 Å². The molecule has 0 aliphatic heterocycles. The molecular weight excluding hydrogens is 236 g/mol. The predicted molar refractivity (Wildman–Crippen MR) is 75.8 cm³/mol. The van der Waals surface area contributed by atoms with Crippen molar-refractivity contribution in [2.45, 2.75) is 6.92 Å². The first kappa shape index (κ1) is 11.5. The average molecular weight is 250 g/mol. The van der Waals surface area contributed by atoms with Gasteiger partial charge in [0.2, 0.25) is 5.95 Å². The molecule has 2 aromatic heterocycles. The van der Waals surface area contributed by atoms with Crippen molar-refractivity contribution in [2.24, 2.45) is 0 Å². The molecule has 94 valence electrons. The fourth-order valence-electron chi connectivity index (χ4n) is 1.86. The highest BCUT2D eigenvalue weighted by molar-refractivity contribution is 5.55. The Balaban J connectivity index is 1.92. The Morgan fingerprint density at radius 2 is 1.84 bits per heavy atom. The SMILES string of the molecule is Cc1ccc(-n2ccnc2Nc2ccccc2)cn1. The van der Waals surface area contributed by atoms with E-state index < -0.39 is 0 Å². The van der Waals surface area contributed by atoms with Crippen LogP contribution in [-0.2, 0) is 0 Å². The van der Waals surface area contributed by atoms with E-state index in [-0.39, 0.29) is 0 Å². The van der Waals surface area contributed by atoms with Gasteiger partial charge in [-0.15, -0.1) is 0 Å². The summed E-state index contributed by atoms with van der Waals surface area (Å²) in [6, 6.07) is 14.0. The second-order valence-corrected chi connectivity index (χ2v) is 4.27. The first-order valence-corrected chi connectivity index (χ1v) is 6.11. The summed E-state index contributed by atoms with van der Waals surface area (Å²) in [5.74, 6) is 0.775. The van der Waals surface area contributed by atoms with Gasteiger partial charge in [-0.25, -0.2) is 4.98 Å². The number of aromatic nitrogens is 3. The van der Waals surface area contributed by atoms with Crippen molar-refractivity contribution in [3.8, 4) is 5.69 Å². The Morgan fingerprint density at radius 3 is 2.58 bits per heavy atom. The standard InChI is InChI=1S/C15H14N4/c1-12-7-8-14(11-17-12)19-10-9-16-15(19)18-13-5-3-2-4-6-13/h2-11H,1H3,(H,16,18). The van der Waals surface area contributed by atoms with E-state index in [0.717, 1.165) is 23.0 Å². The zero-order valence-corrected chi connectivity index (χ0v) is 10.6. The molecule has 3 rings (SSSR count). The summed E-state index contributed by atoms with van der Waals surface area (Å²) < 4.78 is 1.97. The van der Waals surface area contributed by atoms with Gasteiger partial charge in [-0.2, -0.15) is 0 Å². The summed E-state index contributed by atoms with van der Waals surface area (Å²) in [6.45, 7) is 1.97. The lowest BCUT2D eigenvalue weighted by molar-refractivity contribution is 1.03. The maximum atomic E-state index is 4.33. The molecule has 4 nitrogen and oxygen atoms in total. The molecule has 4 heteroatoms. The Kier molecular flexibility index (Phi) is 2.98. The molecule has 0 aliphatic rings. The zero-order chi connectivity index (χ0) is 13.1. The zero-order valence-electron chi connectivity index (χ0n) is 10.6. The van der Waals surface area contributed by atoms with Gasteiger partial charge < -0.3 is 5.32 Å². The van der Waals surface area contributed by atoms with Crippen molar-refractivity contribution in [3.63, 3.8) is 0 Å². The maximum absolute atomic E-state index is 4.33. The number of pyridine rings is 1. The number of hydrogen-bond acceptors (Lipinski definition) is 3. The van der Waals surface area contributed by atoms with Gasteiger partial charge in [0, 0.05) is 23.8 Å². The third-order valence-corrected chi connectivity index (χ3v) is 2.84. The maximum Gasteiger partial charge on any atom is 0.212 e. The van der Waals surface area contributed by atoms with E-state index in [4.69, 9.17) is 0 Å². The number of anilines is 2. The summed E-state index contributed by atoms with van der Waals surface area (Å²) in [7, 11) is 0. The van der Waals surface area contributed by atoms with Crippen LogP contribution in [0.25, 0.3) is 5.69 Å². The molecule has 0 bridgehead atoms. The van der Waals surface area contributed by atoms with Gasteiger partial charge in [-0.1, -0.05) is 18.2 Å².